The van der Waals surface area contributed by atoms with Crippen LogP contribution in [-0.4, -0.2) is 30.9 Å². The Balaban J connectivity index is 2.73. The Labute approximate surface area is 184 Å². The number of benzene rings is 2. The minimum Gasteiger partial charge on any atom is -0.508 e. The number of ether oxygens (including phenoxy) is 1. The fourth-order valence-electron chi connectivity index (χ4n) is 3.73. The van der Waals surface area contributed by atoms with Gasteiger partial charge in [-0.3, -0.25) is 0 Å². The molecule has 0 aliphatic heterocycles. The van der Waals surface area contributed by atoms with E-state index in [4.69, 9.17) is 4.74 Å². The van der Waals surface area contributed by atoms with Crippen molar-refractivity contribution >= 4 is 12.2 Å². The Hall–Kier alpha value is -3.39. The first-order valence-corrected chi connectivity index (χ1v) is 10.3. The molecule has 31 heavy (non-hydrogen) atoms. The third kappa shape index (κ3) is 5.40. The second-order valence-electron chi connectivity index (χ2n) is 7.84. The number of carbonyl (C=O) groups is 1. The molecule has 0 bridgehead atoms. The molecule has 2 aromatic rings. The van der Waals surface area contributed by atoms with Gasteiger partial charge in [0.1, 0.15) is 5.75 Å². The summed E-state index contributed by atoms with van der Waals surface area (Å²) in [6, 6.07) is 11.1. The summed E-state index contributed by atoms with van der Waals surface area (Å²) in [6.07, 6.45) is 2.24. The molecule has 162 valence electrons. The van der Waals surface area contributed by atoms with Crippen molar-refractivity contribution in [3.05, 3.63) is 74.9 Å². The van der Waals surface area contributed by atoms with Crippen LogP contribution in [0.25, 0.3) is 0 Å². The number of carbonyl (C=O) groups excluding carboxylic acids is 1. The second-order valence-corrected chi connectivity index (χ2v) is 7.84. The average molecular weight is 419 g/mol. The van der Waals surface area contributed by atoms with Crippen LogP contribution in [0.4, 0.5) is 0 Å². The highest BCUT2D eigenvalue weighted by Crippen LogP contribution is 2.42. The zero-order chi connectivity index (χ0) is 23.1. The average Bonchev–Trinajstić information content (AvgIpc) is 2.73. The number of rotatable bonds is 7. The highest BCUT2D eigenvalue weighted by atomic mass is 16.5. The molecular formula is C26H30N2O3. The molecule has 2 aromatic carbocycles. The quantitative estimate of drug-likeness (QED) is 0.287. The molecule has 0 heterocycles. The Kier molecular flexibility index (Phi) is 8.15. The van der Waals surface area contributed by atoms with Gasteiger partial charge in [-0.2, -0.15) is 5.26 Å². The molecule has 0 unspecified atom stereocenters. The number of hydrogen-bond donors (Lipinski definition) is 1. The normalized spacial score (nSPS) is 11.8. The van der Waals surface area contributed by atoms with E-state index in [1.165, 1.54) is 0 Å². The van der Waals surface area contributed by atoms with Gasteiger partial charge in [0.2, 0.25) is 0 Å². The van der Waals surface area contributed by atoms with Gasteiger partial charge in [-0.1, -0.05) is 17.7 Å². The van der Waals surface area contributed by atoms with Gasteiger partial charge in [0.15, 0.2) is 0 Å². The van der Waals surface area contributed by atoms with Crippen molar-refractivity contribution in [1.82, 2.24) is 0 Å². The molecule has 0 saturated heterocycles. The zero-order valence-corrected chi connectivity index (χ0v) is 19.1. The van der Waals surface area contributed by atoms with Crippen LogP contribution in [0, 0.1) is 32.1 Å². The molecule has 0 aliphatic carbocycles. The van der Waals surface area contributed by atoms with Crippen LogP contribution in [0.2, 0.25) is 0 Å². The number of hydrogen-bond acceptors (Lipinski definition) is 5. The summed E-state index contributed by atoms with van der Waals surface area (Å²) in [4.78, 5) is 17.1. The standard InChI is InChI=1S/C26H30N2O3/c1-16(2)23(26(30)31-13-7-12-28-6)25(21-10-9-20(15-27)14-18(21)4)24-19(5)17(3)8-11-22(24)29/h8-12,14,25,29H,7,13H2,1-6H3/b28-12+/t25-/m1/s1. The van der Waals surface area contributed by atoms with E-state index < -0.39 is 11.9 Å². The fraction of sp³-hybridized carbons (Fsp3) is 0.346. The van der Waals surface area contributed by atoms with E-state index >= 15 is 0 Å². The molecule has 0 aromatic heterocycles. The summed E-state index contributed by atoms with van der Waals surface area (Å²) in [5, 5.41) is 20.1. The van der Waals surface area contributed by atoms with Gasteiger partial charge in [0, 0.05) is 36.7 Å². The summed E-state index contributed by atoms with van der Waals surface area (Å²) < 4.78 is 5.56. The van der Waals surface area contributed by atoms with E-state index in [0.717, 1.165) is 27.8 Å². The van der Waals surface area contributed by atoms with Gasteiger partial charge in [-0.25, -0.2) is 4.79 Å². The van der Waals surface area contributed by atoms with Crippen LogP contribution >= 0.6 is 0 Å². The summed E-state index contributed by atoms with van der Waals surface area (Å²) in [5.74, 6) is -0.815. The lowest BCUT2D eigenvalue weighted by molar-refractivity contribution is -0.139. The Morgan fingerprint density at radius 1 is 1.19 bits per heavy atom. The maximum absolute atomic E-state index is 13.2. The first-order valence-electron chi connectivity index (χ1n) is 10.3. The van der Waals surface area contributed by atoms with Crippen molar-refractivity contribution in [2.45, 2.75) is 47.0 Å². The highest BCUT2D eigenvalue weighted by molar-refractivity contribution is 5.92. The monoisotopic (exact) mass is 418 g/mol. The molecule has 0 aliphatic rings. The van der Waals surface area contributed by atoms with Crippen molar-refractivity contribution in [1.29, 1.82) is 5.26 Å². The van der Waals surface area contributed by atoms with Crippen molar-refractivity contribution < 1.29 is 14.6 Å². The van der Waals surface area contributed by atoms with Gasteiger partial charge in [0.05, 0.1) is 18.2 Å². The predicted molar refractivity (Wildman–Crippen MR) is 124 cm³/mol. The predicted octanol–water partition coefficient (Wildman–Crippen LogP) is 5.29. The highest BCUT2D eigenvalue weighted by Gasteiger charge is 2.31. The number of nitrogens with zero attached hydrogens (tertiary/aromatic N) is 2. The van der Waals surface area contributed by atoms with E-state index in [1.807, 2.05) is 46.8 Å². The third-order valence-electron chi connectivity index (χ3n) is 5.47. The molecule has 1 atom stereocenters. The minimum atomic E-state index is -0.523. The van der Waals surface area contributed by atoms with Crippen LogP contribution in [0.15, 0.2) is 46.5 Å². The number of esters is 1. The van der Waals surface area contributed by atoms with E-state index in [9.17, 15) is 15.2 Å². The number of phenols is 1. The summed E-state index contributed by atoms with van der Waals surface area (Å²) in [7, 11) is 1.68. The lowest BCUT2D eigenvalue weighted by atomic mass is 9.78. The van der Waals surface area contributed by atoms with Gasteiger partial charge in [-0.05, 0) is 75.1 Å². The van der Waals surface area contributed by atoms with Crippen molar-refractivity contribution in [2.24, 2.45) is 4.99 Å². The van der Waals surface area contributed by atoms with Crippen LogP contribution in [-0.2, 0) is 9.53 Å². The summed E-state index contributed by atoms with van der Waals surface area (Å²) in [6.45, 7) is 9.81. The number of aromatic hydroxyl groups is 1. The van der Waals surface area contributed by atoms with Crippen LogP contribution in [0.3, 0.4) is 0 Å². The second kappa shape index (κ2) is 10.6. The SMILES string of the molecule is C/N=C/CCOC(=O)C(=C(C)C)[C@@H](c1ccc(C#N)cc1C)c1c(O)ccc(C)c1C. The van der Waals surface area contributed by atoms with Crippen molar-refractivity contribution in [2.75, 3.05) is 13.7 Å². The zero-order valence-electron chi connectivity index (χ0n) is 19.1. The van der Waals surface area contributed by atoms with Crippen molar-refractivity contribution in [3.8, 4) is 11.8 Å². The van der Waals surface area contributed by atoms with E-state index in [0.29, 0.717) is 23.1 Å². The molecule has 5 heteroatoms. The molecular weight excluding hydrogens is 388 g/mol. The number of nitriles is 1. The van der Waals surface area contributed by atoms with Gasteiger partial charge < -0.3 is 14.8 Å². The Morgan fingerprint density at radius 2 is 1.90 bits per heavy atom. The Bertz CT molecular complexity index is 1070. The molecule has 0 spiro atoms. The first kappa shape index (κ1) is 23.9. The molecule has 0 fully saturated rings. The molecule has 0 amide bonds. The number of aryl methyl sites for hydroxylation is 2. The fourth-order valence-corrected chi connectivity index (χ4v) is 3.73. The summed E-state index contributed by atoms with van der Waals surface area (Å²) in [5.41, 5.74) is 6.18. The number of phenolic OH excluding ortho intramolecular Hbond substituents is 1. The molecule has 0 radical (unpaired) electrons. The number of allylic oxidation sites excluding steroid dienone is 1. The van der Waals surface area contributed by atoms with Crippen molar-refractivity contribution in [3.63, 3.8) is 0 Å². The molecule has 2 rings (SSSR count). The maximum Gasteiger partial charge on any atom is 0.334 e. The first-order chi connectivity index (χ1) is 14.7. The number of aliphatic imine (C=N–C) groups is 1. The molecule has 5 nitrogen and oxygen atoms in total. The van der Waals surface area contributed by atoms with Crippen LogP contribution in [0.5, 0.6) is 5.75 Å². The molecule has 1 N–H and O–H groups in total. The van der Waals surface area contributed by atoms with E-state index in [-0.39, 0.29) is 12.4 Å². The maximum atomic E-state index is 13.2. The van der Waals surface area contributed by atoms with E-state index in [1.54, 1.807) is 31.5 Å². The lowest BCUT2D eigenvalue weighted by Gasteiger charge is -2.26. The lowest BCUT2D eigenvalue weighted by Crippen LogP contribution is -2.20. The van der Waals surface area contributed by atoms with Crippen LogP contribution < -0.4 is 0 Å². The van der Waals surface area contributed by atoms with Gasteiger partial charge in [-0.15, -0.1) is 0 Å². The Morgan fingerprint density at radius 3 is 2.48 bits per heavy atom. The largest absolute Gasteiger partial charge is 0.508 e. The summed E-state index contributed by atoms with van der Waals surface area (Å²) >= 11 is 0. The molecule has 0 saturated carbocycles. The third-order valence-corrected chi connectivity index (χ3v) is 5.47. The van der Waals surface area contributed by atoms with Crippen LogP contribution in [0.1, 0.15) is 59.6 Å². The van der Waals surface area contributed by atoms with Gasteiger partial charge in [0.25, 0.3) is 0 Å². The smallest absolute Gasteiger partial charge is 0.334 e. The minimum absolute atomic E-state index is 0.126. The van der Waals surface area contributed by atoms with Gasteiger partial charge >= 0.3 is 5.97 Å². The topological polar surface area (TPSA) is 82.7 Å². The van der Waals surface area contributed by atoms with E-state index in [2.05, 4.69) is 11.1 Å².